The molecule has 4 atom stereocenters. The number of hydrogen-bond acceptors (Lipinski definition) is 12. The second-order valence-corrected chi connectivity index (χ2v) is 13.3. The van der Waals surface area contributed by atoms with E-state index < -0.39 is 66.2 Å². The number of fused-ring (bicyclic) bond motifs is 1. The topological polar surface area (TPSA) is 245 Å². The van der Waals surface area contributed by atoms with Crippen LogP contribution in [0.25, 0.3) is 10.9 Å². The SMILES string of the molecule is C#CCNC(SC[C@H](NC(=O)CNC(=O)CNC(=O)[C@@H](N)Cc1ccc(O)cc1)C(=O)N[C@@H](CCSC)C(=O)O)c1ccc(O)c2ncccc12. The fraction of sp³-hybridized carbons (Fsp3) is 0.353. The maximum Gasteiger partial charge on any atom is 0.326 e. The molecule has 51 heavy (non-hydrogen) atoms. The van der Waals surface area contributed by atoms with Gasteiger partial charge in [-0.1, -0.05) is 30.2 Å². The van der Waals surface area contributed by atoms with E-state index in [1.54, 1.807) is 36.6 Å². The van der Waals surface area contributed by atoms with Crippen molar-refractivity contribution < 1.29 is 39.3 Å². The van der Waals surface area contributed by atoms with Crippen LogP contribution in [0.3, 0.4) is 0 Å². The molecule has 0 aliphatic rings. The van der Waals surface area contributed by atoms with Gasteiger partial charge in [-0.3, -0.25) is 29.5 Å². The van der Waals surface area contributed by atoms with Crippen LogP contribution in [-0.2, 0) is 30.4 Å². The number of carboxylic acid groups (broad SMARTS) is 1. The van der Waals surface area contributed by atoms with Gasteiger partial charge in [0.2, 0.25) is 23.6 Å². The number of nitrogens with one attached hydrogen (secondary N) is 5. The van der Waals surface area contributed by atoms with Gasteiger partial charge in [0.25, 0.3) is 0 Å². The number of pyridine rings is 1. The van der Waals surface area contributed by atoms with Crippen LogP contribution < -0.4 is 32.3 Å². The number of carbonyl (C=O) groups excluding carboxylic acids is 4. The molecule has 3 rings (SSSR count). The number of phenols is 2. The summed E-state index contributed by atoms with van der Waals surface area (Å²) < 4.78 is 0. The van der Waals surface area contributed by atoms with Crippen molar-refractivity contribution in [2.24, 2.45) is 5.73 Å². The lowest BCUT2D eigenvalue weighted by atomic mass is 10.1. The number of nitrogens with zero attached hydrogens (tertiary/aromatic N) is 1. The lowest BCUT2D eigenvalue weighted by Crippen LogP contribution is -2.54. The molecule has 1 aromatic heterocycles. The Hall–Kier alpha value is -5.02. The van der Waals surface area contributed by atoms with Crippen LogP contribution in [0, 0.1) is 12.3 Å². The number of nitrogens with two attached hydrogens (primary N) is 1. The number of benzene rings is 2. The molecule has 0 saturated carbocycles. The number of carboxylic acids is 1. The van der Waals surface area contributed by atoms with Crippen molar-refractivity contribution in [3.05, 3.63) is 65.9 Å². The number of phenolic OH excluding ortho intramolecular Hbond substituents is 2. The Bertz CT molecular complexity index is 1720. The lowest BCUT2D eigenvalue weighted by Gasteiger charge is -2.25. The Morgan fingerprint density at radius 2 is 1.67 bits per heavy atom. The molecular formula is C34H41N7O8S2. The van der Waals surface area contributed by atoms with Crippen molar-refractivity contribution in [1.82, 2.24) is 31.6 Å². The number of terminal acetylenes is 1. The van der Waals surface area contributed by atoms with Gasteiger partial charge in [0, 0.05) is 17.3 Å². The molecule has 0 bridgehead atoms. The summed E-state index contributed by atoms with van der Waals surface area (Å²) in [5.74, 6) is -1.07. The Morgan fingerprint density at radius 3 is 2.35 bits per heavy atom. The van der Waals surface area contributed by atoms with Crippen molar-refractivity contribution in [3.63, 3.8) is 0 Å². The number of aromatic hydroxyl groups is 2. The highest BCUT2D eigenvalue weighted by Crippen LogP contribution is 2.35. The van der Waals surface area contributed by atoms with Gasteiger partial charge in [-0.25, -0.2) is 4.79 Å². The van der Waals surface area contributed by atoms with E-state index in [-0.39, 0.29) is 36.6 Å². The summed E-state index contributed by atoms with van der Waals surface area (Å²) in [6.07, 6.45) is 9.16. The van der Waals surface area contributed by atoms with E-state index >= 15 is 0 Å². The summed E-state index contributed by atoms with van der Waals surface area (Å²) in [5.41, 5.74) is 7.69. The first-order valence-electron chi connectivity index (χ1n) is 15.7. The minimum Gasteiger partial charge on any atom is -0.508 e. The Morgan fingerprint density at radius 1 is 0.941 bits per heavy atom. The largest absolute Gasteiger partial charge is 0.508 e. The molecule has 2 aromatic carbocycles. The molecule has 0 spiro atoms. The molecule has 3 aromatic rings. The molecule has 10 N–H and O–H groups in total. The van der Waals surface area contributed by atoms with Crippen molar-refractivity contribution in [2.75, 3.05) is 37.4 Å². The zero-order chi connectivity index (χ0) is 37.3. The van der Waals surface area contributed by atoms with E-state index in [2.05, 4.69) is 37.5 Å². The average Bonchev–Trinajstić information content (AvgIpc) is 3.12. The predicted molar refractivity (Wildman–Crippen MR) is 196 cm³/mol. The van der Waals surface area contributed by atoms with Crippen molar-refractivity contribution in [2.45, 2.75) is 36.3 Å². The van der Waals surface area contributed by atoms with E-state index in [4.69, 9.17) is 12.2 Å². The zero-order valence-corrected chi connectivity index (χ0v) is 29.4. The number of amides is 4. The second kappa shape index (κ2) is 20.6. The third-order valence-electron chi connectivity index (χ3n) is 7.36. The molecule has 15 nitrogen and oxygen atoms in total. The average molecular weight is 740 g/mol. The van der Waals surface area contributed by atoms with Gasteiger partial charge in [-0.2, -0.15) is 11.8 Å². The third kappa shape index (κ3) is 13.0. The second-order valence-electron chi connectivity index (χ2n) is 11.1. The molecular weight excluding hydrogens is 699 g/mol. The molecule has 0 radical (unpaired) electrons. The maximum atomic E-state index is 13.4. The highest BCUT2D eigenvalue weighted by Gasteiger charge is 2.28. The maximum absolute atomic E-state index is 13.4. The van der Waals surface area contributed by atoms with Crippen LogP contribution >= 0.6 is 23.5 Å². The van der Waals surface area contributed by atoms with E-state index in [0.717, 1.165) is 0 Å². The normalized spacial score (nSPS) is 13.2. The molecule has 272 valence electrons. The summed E-state index contributed by atoms with van der Waals surface area (Å²) in [6.45, 7) is -0.878. The molecule has 0 fully saturated rings. The highest BCUT2D eigenvalue weighted by atomic mass is 32.2. The number of aliphatic carboxylic acids is 1. The van der Waals surface area contributed by atoms with Crippen LogP contribution in [0.2, 0.25) is 0 Å². The Kier molecular flexibility index (Phi) is 16.3. The van der Waals surface area contributed by atoms with Gasteiger partial charge in [-0.15, -0.1) is 18.2 Å². The zero-order valence-electron chi connectivity index (χ0n) is 27.8. The van der Waals surface area contributed by atoms with E-state index in [1.165, 1.54) is 47.9 Å². The van der Waals surface area contributed by atoms with Crippen molar-refractivity contribution in [3.8, 4) is 23.8 Å². The molecule has 0 aliphatic carbocycles. The minimum atomic E-state index is -1.25. The lowest BCUT2D eigenvalue weighted by molar-refractivity contribution is -0.142. The van der Waals surface area contributed by atoms with Gasteiger partial charge in [0.15, 0.2) is 0 Å². The smallest absolute Gasteiger partial charge is 0.326 e. The Balaban J connectivity index is 1.67. The highest BCUT2D eigenvalue weighted by molar-refractivity contribution is 7.99. The molecule has 1 unspecified atom stereocenters. The summed E-state index contributed by atoms with van der Waals surface area (Å²) in [5, 5.41) is 42.5. The summed E-state index contributed by atoms with van der Waals surface area (Å²) in [7, 11) is 0. The van der Waals surface area contributed by atoms with Gasteiger partial charge < -0.3 is 42.3 Å². The van der Waals surface area contributed by atoms with E-state index in [9.17, 15) is 39.3 Å². The number of thioether (sulfide) groups is 2. The number of rotatable bonds is 20. The van der Waals surface area contributed by atoms with Gasteiger partial charge in [-0.05, 0) is 60.2 Å². The summed E-state index contributed by atoms with van der Waals surface area (Å²) >= 11 is 2.62. The Labute approximate surface area is 303 Å². The van der Waals surface area contributed by atoms with Gasteiger partial charge in [0.1, 0.15) is 29.1 Å². The van der Waals surface area contributed by atoms with Crippen LogP contribution in [0.1, 0.15) is 22.9 Å². The quantitative estimate of drug-likeness (QED) is 0.0557. The van der Waals surface area contributed by atoms with Crippen molar-refractivity contribution >= 4 is 64.0 Å². The van der Waals surface area contributed by atoms with E-state index in [1.807, 2.05) is 0 Å². The molecule has 4 amide bonds. The standard InChI is InChI=1S/C34H41N7O8S2/c1-3-13-37-33(23-10-11-27(43)30-22(23)5-4-14-36-30)51-19-26(32(47)41-25(34(48)49)12-15-50-2)40-29(45)18-38-28(44)17-39-31(46)24(35)16-20-6-8-21(42)9-7-20/h1,4-11,14,24-26,33,37,42-43H,12-13,15-19,35H2,2H3,(H,38,44)(H,39,46)(H,40,45)(H,41,47)(H,48,49)/t24-,25-,26-,33?/m0/s1. The van der Waals surface area contributed by atoms with Crippen molar-refractivity contribution in [1.29, 1.82) is 0 Å². The van der Waals surface area contributed by atoms with Gasteiger partial charge in [0.05, 0.1) is 31.0 Å². The predicted octanol–water partition coefficient (Wildman–Crippen LogP) is 0.210. The minimum absolute atomic E-state index is 0.0249. The summed E-state index contributed by atoms with van der Waals surface area (Å²) in [6, 6.07) is 9.39. The van der Waals surface area contributed by atoms with Crippen LogP contribution in [0.4, 0.5) is 0 Å². The first-order chi connectivity index (χ1) is 24.4. The number of hydrogen-bond donors (Lipinski definition) is 9. The number of aromatic nitrogens is 1. The number of carbonyl (C=O) groups is 5. The first-order valence-corrected chi connectivity index (χ1v) is 18.1. The fourth-order valence-corrected chi connectivity index (χ4v) is 6.40. The van der Waals surface area contributed by atoms with Crippen LogP contribution in [-0.4, -0.2) is 105 Å². The molecule has 0 saturated heterocycles. The monoisotopic (exact) mass is 739 g/mol. The van der Waals surface area contributed by atoms with E-state index in [0.29, 0.717) is 27.8 Å². The van der Waals surface area contributed by atoms with Crippen LogP contribution in [0.5, 0.6) is 11.5 Å². The molecule has 1 heterocycles. The van der Waals surface area contributed by atoms with Gasteiger partial charge >= 0.3 is 5.97 Å². The van der Waals surface area contributed by atoms with Crippen LogP contribution in [0.15, 0.2) is 54.7 Å². The fourth-order valence-electron chi connectivity index (χ4n) is 4.72. The molecule has 0 aliphatic heterocycles. The first kappa shape index (κ1) is 40.4. The molecule has 17 heteroatoms. The third-order valence-corrected chi connectivity index (χ3v) is 9.28. The summed E-state index contributed by atoms with van der Waals surface area (Å²) in [4.78, 5) is 67.4.